The maximum absolute atomic E-state index is 13.3. The second-order valence-corrected chi connectivity index (χ2v) is 9.52. The molecule has 0 radical (unpaired) electrons. The number of hydrogen-bond acceptors (Lipinski definition) is 7. The number of nitro groups is 1. The number of hydrogen-bond donors (Lipinski definition) is 1. The number of ether oxygens (including phenoxy) is 2. The molecule has 8 heteroatoms. The maximum atomic E-state index is 13.3. The minimum absolute atomic E-state index is 0.0582. The van der Waals surface area contributed by atoms with Crippen LogP contribution in [0.5, 0.6) is 0 Å². The molecule has 3 aliphatic rings. The van der Waals surface area contributed by atoms with E-state index in [9.17, 15) is 19.7 Å². The van der Waals surface area contributed by atoms with Crippen molar-refractivity contribution >= 4 is 17.4 Å². The quantitative estimate of drug-likeness (QED) is 0.420. The Morgan fingerprint density at radius 1 is 1.34 bits per heavy atom. The van der Waals surface area contributed by atoms with Gasteiger partial charge in [0.05, 0.1) is 16.6 Å². The van der Waals surface area contributed by atoms with E-state index in [4.69, 9.17) is 9.47 Å². The second kappa shape index (κ2) is 8.50. The van der Waals surface area contributed by atoms with E-state index in [2.05, 4.69) is 5.32 Å². The Kier molecular flexibility index (Phi) is 5.90. The third-order valence-electron chi connectivity index (χ3n) is 6.30. The van der Waals surface area contributed by atoms with Crippen LogP contribution in [0, 0.1) is 15.5 Å². The number of Topliss-reactive ketones (excluding diaryl/α,β-unsaturated/α-hetero) is 1. The largest absolute Gasteiger partial charge is 0.459 e. The molecular formula is C24H28N2O6. The normalized spacial score (nSPS) is 24.8. The summed E-state index contributed by atoms with van der Waals surface area (Å²) in [6.07, 6.45) is 2.63. The lowest BCUT2D eigenvalue weighted by atomic mass is 9.68. The molecule has 8 nitrogen and oxygen atoms in total. The van der Waals surface area contributed by atoms with Crippen LogP contribution in [0.2, 0.25) is 0 Å². The van der Waals surface area contributed by atoms with Crippen LogP contribution >= 0.6 is 0 Å². The molecule has 1 aromatic carbocycles. The number of nitrogens with one attached hydrogen (secondary N) is 1. The van der Waals surface area contributed by atoms with E-state index in [-0.39, 0.29) is 29.6 Å². The van der Waals surface area contributed by atoms with Crippen LogP contribution < -0.4 is 5.32 Å². The summed E-state index contributed by atoms with van der Waals surface area (Å²) in [7, 11) is 0. The lowest BCUT2D eigenvalue weighted by molar-refractivity contribution is -0.384. The van der Waals surface area contributed by atoms with Gasteiger partial charge < -0.3 is 14.8 Å². The van der Waals surface area contributed by atoms with E-state index in [0.717, 1.165) is 18.5 Å². The van der Waals surface area contributed by atoms with E-state index in [1.165, 1.54) is 12.1 Å². The van der Waals surface area contributed by atoms with Gasteiger partial charge in [0, 0.05) is 48.0 Å². The van der Waals surface area contributed by atoms with E-state index >= 15 is 0 Å². The number of dihydropyridines is 1. The zero-order chi connectivity index (χ0) is 23.0. The first-order valence-corrected chi connectivity index (χ1v) is 10.9. The number of ketones is 1. The molecule has 0 bridgehead atoms. The molecule has 1 saturated heterocycles. The maximum Gasteiger partial charge on any atom is 0.336 e. The molecular weight excluding hydrogens is 412 g/mol. The van der Waals surface area contributed by atoms with Gasteiger partial charge in [-0.3, -0.25) is 14.9 Å². The van der Waals surface area contributed by atoms with E-state index < -0.39 is 16.8 Å². The van der Waals surface area contributed by atoms with Crippen molar-refractivity contribution in [3.63, 3.8) is 0 Å². The smallest absolute Gasteiger partial charge is 0.336 e. The molecule has 2 aliphatic heterocycles. The summed E-state index contributed by atoms with van der Waals surface area (Å²) in [5, 5.41) is 14.7. The Balaban J connectivity index is 1.75. The number of carbonyl (C=O) groups is 2. The van der Waals surface area contributed by atoms with Gasteiger partial charge in [0.1, 0.15) is 6.61 Å². The summed E-state index contributed by atoms with van der Waals surface area (Å²) in [6.45, 7) is 6.64. The number of benzene rings is 1. The van der Waals surface area contributed by atoms with E-state index in [1.807, 2.05) is 13.8 Å². The first-order chi connectivity index (χ1) is 15.2. The summed E-state index contributed by atoms with van der Waals surface area (Å²) in [5.41, 5.74) is 2.42. The van der Waals surface area contributed by atoms with Gasteiger partial charge >= 0.3 is 5.97 Å². The molecule has 1 aromatic rings. The topological polar surface area (TPSA) is 108 Å². The SMILES string of the molecule is CC1=C(C(=O)OC[C@H]2CCCO2)[C@H](c2cccc([N+](=O)[O-])c2)C2=C(CC(C)(C)CC2=O)N1. The van der Waals surface area contributed by atoms with E-state index in [0.29, 0.717) is 41.9 Å². The van der Waals surface area contributed by atoms with Gasteiger partial charge in [-0.1, -0.05) is 26.0 Å². The lowest BCUT2D eigenvalue weighted by Crippen LogP contribution is -2.39. The molecule has 0 unspecified atom stereocenters. The van der Waals surface area contributed by atoms with Crippen molar-refractivity contribution < 1.29 is 24.0 Å². The van der Waals surface area contributed by atoms with Gasteiger partial charge in [-0.25, -0.2) is 4.79 Å². The predicted molar refractivity (Wildman–Crippen MR) is 117 cm³/mol. The summed E-state index contributed by atoms with van der Waals surface area (Å²) >= 11 is 0. The Labute approximate surface area is 186 Å². The van der Waals surface area contributed by atoms with Crippen LogP contribution in [0.3, 0.4) is 0 Å². The fourth-order valence-electron chi connectivity index (χ4n) is 4.88. The Hall–Kier alpha value is -3.00. The van der Waals surface area contributed by atoms with Crippen LogP contribution in [-0.2, 0) is 19.1 Å². The minimum Gasteiger partial charge on any atom is -0.459 e. The predicted octanol–water partition coefficient (Wildman–Crippen LogP) is 3.92. The molecule has 2 heterocycles. The average molecular weight is 440 g/mol. The van der Waals surface area contributed by atoms with E-state index in [1.54, 1.807) is 19.1 Å². The molecule has 0 saturated carbocycles. The third kappa shape index (κ3) is 4.32. The van der Waals surface area contributed by atoms with Gasteiger partial charge in [0.15, 0.2) is 5.78 Å². The standard InChI is InChI=1S/C24H28N2O6/c1-14-20(23(28)32-13-17-8-5-9-31-17)21(15-6-4-7-16(10-15)26(29)30)22-18(25-14)11-24(2,3)12-19(22)27/h4,6-7,10,17,21,25H,5,8-9,11-13H2,1-3H3/t17-,21+/m1/s1. The van der Waals surface area contributed by atoms with Gasteiger partial charge in [-0.2, -0.15) is 0 Å². The zero-order valence-electron chi connectivity index (χ0n) is 18.6. The number of allylic oxidation sites excluding steroid dienone is 3. The number of non-ortho nitro benzene ring substituents is 1. The van der Waals surface area contributed by atoms with Crippen LogP contribution in [0.4, 0.5) is 5.69 Å². The molecule has 1 aliphatic carbocycles. The highest BCUT2D eigenvalue weighted by molar-refractivity contribution is 6.04. The van der Waals surface area contributed by atoms with Crippen molar-refractivity contribution in [3.05, 3.63) is 62.5 Å². The molecule has 0 aromatic heterocycles. The fraction of sp³-hybridized carbons (Fsp3) is 0.500. The number of nitro benzene ring substituents is 1. The Bertz CT molecular complexity index is 1030. The second-order valence-electron chi connectivity index (χ2n) is 9.52. The van der Waals surface area contributed by atoms with Gasteiger partial charge in [0.2, 0.25) is 0 Å². The van der Waals surface area contributed by atoms with Crippen molar-refractivity contribution in [3.8, 4) is 0 Å². The average Bonchev–Trinajstić information content (AvgIpc) is 3.23. The third-order valence-corrected chi connectivity index (χ3v) is 6.30. The van der Waals surface area contributed by atoms with Crippen LogP contribution in [0.25, 0.3) is 0 Å². The van der Waals surface area contributed by atoms with Crippen LogP contribution in [0.15, 0.2) is 46.8 Å². The highest BCUT2D eigenvalue weighted by atomic mass is 16.6. The number of carbonyl (C=O) groups excluding carboxylic acids is 2. The van der Waals surface area contributed by atoms with Gasteiger partial charge in [-0.05, 0) is 37.2 Å². The first-order valence-electron chi connectivity index (χ1n) is 10.9. The molecule has 1 N–H and O–H groups in total. The van der Waals surface area contributed by atoms with Gasteiger partial charge in [0.25, 0.3) is 5.69 Å². The van der Waals surface area contributed by atoms with Crippen molar-refractivity contribution in [1.82, 2.24) is 5.32 Å². The van der Waals surface area contributed by atoms with Crippen molar-refractivity contribution in [2.45, 2.75) is 58.5 Å². The molecule has 32 heavy (non-hydrogen) atoms. The highest BCUT2D eigenvalue weighted by Gasteiger charge is 2.43. The van der Waals surface area contributed by atoms with Crippen molar-refractivity contribution in [1.29, 1.82) is 0 Å². The molecule has 1 fully saturated rings. The van der Waals surface area contributed by atoms with Crippen molar-refractivity contribution in [2.24, 2.45) is 5.41 Å². The monoisotopic (exact) mass is 440 g/mol. The lowest BCUT2D eigenvalue weighted by Gasteiger charge is -2.39. The first kappa shape index (κ1) is 22.2. The summed E-state index contributed by atoms with van der Waals surface area (Å²) < 4.78 is 11.1. The van der Waals surface area contributed by atoms with Crippen LogP contribution in [0.1, 0.15) is 57.9 Å². The summed E-state index contributed by atoms with van der Waals surface area (Å²) in [6, 6.07) is 6.14. The van der Waals surface area contributed by atoms with Gasteiger partial charge in [-0.15, -0.1) is 0 Å². The summed E-state index contributed by atoms with van der Waals surface area (Å²) in [4.78, 5) is 37.4. The van der Waals surface area contributed by atoms with Crippen molar-refractivity contribution in [2.75, 3.05) is 13.2 Å². The fourth-order valence-corrected chi connectivity index (χ4v) is 4.88. The number of nitrogens with zero attached hydrogens (tertiary/aromatic N) is 1. The summed E-state index contributed by atoms with van der Waals surface area (Å²) in [5.74, 6) is -1.31. The molecule has 170 valence electrons. The molecule has 4 rings (SSSR count). The molecule has 0 spiro atoms. The Morgan fingerprint density at radius 2 is 2.12 bits per heavy atom. The molecule has 2 atom stereocenters. The number of rotatable bonds is 5. The van der Waals surface area contributed by atoms with Crippen LogP contribution in [-0.4, -0.2) is 36.0 Å². The number of esters is 1. The Morgan fingerprint density at radius 3 is 2.81 bits per heavy atom. The highest BCUT2D eigenvalue weighted by Crippen LogP contribution is 2.47. The molecule has 0 amide bonds. The zero-order valence-corrected chi connectivity index (χ0v) is 18.6. The minimum atomic E-state index is -0.716.